The molecule has 1 N–H and O–H groups in total. The van der Waals surface area contributed by atoms with Crippen molar-refractivity contribution in [3.8, 4) is 0 Å². The van der Waals surface area contributed by atoms with E-state index < -0.39 is 5.97 Å². The highest BCUT2D eigenvalue weighted by Gasteiger charge is 2.28. The van der Waals surface area contributed by atoms with E-state index in [1.165, 1.54) is 0 Å². The fraction of sp³-hybridized carbons (Fsp3) is 0.500. The third kappa shape index (κ3) is 6.81. The van der Waals surface area contributed by atoms with Crippen LogP contribution < -0.4 is 0 Å². The molecular weight excluding hydrogens is 208 g/mol. The minimum atomic E-state index is -0.840. The number of hydrogen-bond donors (Lipinski definition) is 1. The van der Waals surface area contributed by atoms with Gasteiger partial charge in [0.25, 0.3) is 0 Å². The molecule has 4 nitrogen and oxygen atoms in total. The Balaban J connectivity index is 0.000000281. The molecule has 0 atom stereocenters. The zero-order chi connectivity index (χ0) is 12.6. The third-order valence-electron chi connectivity index (χ3n) is 1.96. The number of ether oxygens (including phenoxy) is 1. The molecule has 1 aliphatic carbocycles. The lowest BCUT2D eigenvalue weighted by Crippen LogP contribution is -1.99. The summed E-state index contributed by atoms with van der Waals surface area (Å²) in [6.07, 6.45) is 4.06. The lowest BCUT2D eigenvalue weighted by Gasteiger charge is -1.94. The minimum Gasteiger partial charge on any atom is -0.478 e. The number of rotatable bonds is 5. The Morgan fingerprint density at radius 3 is 2.31 bits per heavy atom. The average Bonchev–Trinajstić information content (AvgIpc) is 3.09. The number of esters is 1. The molecule has 4 heteroatoms. The summed E-state index contributed by atoms with van der Waals surface area (Å²) in [7, 11) is 0. The van der Waals surface area contributed by atoms with Gasteiger partial charge in [-0.25, -0.2) is 9.59 Å². The van der Waals surface area contributed by atoms with E-state index in [0.29, 0.717) is 18.1 Å². The van der Waals surface area contributed by atoms with Crippen LogP contribution >= 0.6 is 0 Å². The summed E-state index contributed by atoms with van der Waals surface area (Å²) in [5.74, 6) is -0.883. The van der Waals surface area contributed by atoms with Gasteiger partial charge in [-0.15, -0.1) is 0 Å². The van der Waals surface area contributed by atoms with Crippen LogP contribution in [0.5, 0.6) is 0 Å². The molecule has 1 fully saturated rings. The molecule has 0 aromatic carbocycles. The molecule has 1 rings (SSSR count). The summed E-state index contributed by atoms with van der Waals surface area (Å²) in [5.41, 5.74) is 0.380. The van der Waals surface area contributed by atoms with Gasteiger partial charge >= 0.3 is 11.9 Å². The summed E-state index contributed by atoms with van der Waals surface area (Å²) in [6.45, 7) is 9.09. The van der Waals surface area contributed by atoms with Gasteiger partial charge in [0, 0.05) is 11.6 Å². The van der Waals surface area contributed by atoms with Gasteiger partial charge < -0.3 is 9.84 Å². The van der Waals surface area contributed by atoms with E-state index in [1.807, 2.05) is 6.92 Å². The Bertz CT molecular complexity index is 277. The van der Waals surface area contributed by atoms with Crippen LogP contribution in [-0.4, -0.2) is 23.7 Å². The normalized spacial score (nSPS) is 13.1. The van der Waals surface area contributed by atoms with Crippen LogP contribution in [-0.2, 0) is 14.3 Å². The Labute approximate surface area is 95.6 Å². The molecular formula is C12H18O4. The second-order valence-electron chi connectivity index (χ2n) is 3.48. The van der Waals surface area contributed by atoms with Crippen molar-refractivity contribution in [1.29, 1.82) is 0 Å². The Kier molecular flexibility index (Phi) is 6.92. The van der Waals surface area contributed by atoms with Crippen LogP contribution in [0.25, 0.3) is 0 Å². The summed E-state index contributed by atoms with van der Waals surface area (Å²) in [6, 6.07) is 0. The first-order chi connectivity index (χ1) is 7.52. The highest BCUT2D eigenvalue weighted by atomic mass is 16.5. The van der Waals surface area contributed by atoms with E-state index >= 15 is 0 Å². The predicted molar refractivity (Wildman–Crippen MR) is 60.9 cm³/mol. The van der Waals surface area contributed by atoms with Crippen molar-refractivity contribution in [2.24, 2.45) is 5.92 Å². The van der Waals surface area contributed by atoms with Crippen LogP contribution in [0.4, 0.5) is 0 Å². The predicted octanol–water partition coefficient (Wildman–Crippen LogP) is 2.16. The Hall–Kier alpha value is -1.58. The highest BCUT2D eigenvalue weighted by molar-refractivity contribution is 5.86. The molecule has 0 unspecified atom stereocenters. The quantitative estimate of drug-likeness (QED) is 0.576. The fourth-order valence-electron chi connectivity index (χ4n) is 0.868. The van der Waals surface area contributed by atoms with Crippen LogP contribution in [0.2, 0.25) is 0 Å². The van der Waals surface area contributed by atoms with Crippen molar-refractivity contribution >= 4 is 11.9 Å². The second kappa shape index (κ2) is 7.68. The molecule has 0 aromatic heterocycles. The smallest absolute Gasteiger partial charge is 0.331 e. The molecule has 0 bridgehead atoms. The maximum Gasteiger partial charge on any atom is 0.331 e. The zero-order valence-corrected chi connectivity index (χ0v) is 9.57. The SMILES string of the molecule is C=C(C(=O)O)C1CC1.C=CC(=O)OCCC. The number of carbonyl (C=O) groups excluding carboxylic acids is 1. The van der Waals surface area contributed by atoms with Crippen molar-refractivity contribution < 1.29 is 19.4 Å². The standard InChI is InChI=1S/C6H8O2.C6H10O2/c1-4(6(7)8)5-2-3-5;1-3-5-8-6(7)4-2/h5H,1-3H2,(H,7,8);4H,2-3,5H2,1H3. The molecule has 0 amide bonds. The Morgan fingerprint density at radius 2 is 2.06 bits per heavy atom. The molecule has 0 saturated heterocycles. The van der Waals surface area contributed by atoms with Crippen LogP contribution in [0.1, 0.15) is 26.2 Å². The van der Waals surface area contributed by atoms with Gasteiger partial charge in [0.2, 0.25) is 0 Å². The zero-order valence-electron chi connectivity index (χ0n) is 9.57. The van der Waals surface area contributed by atoms with Crippen molar-refractivity contribution in [2.45, 2.75) is 26.2 Å². The van der Waals surface area contributed by atoms with Gasteiger partial charge in [0.05, 0.1) is 6.61 Å². The molecule has 90 valence electrons. The van der Waals surface area contributed by atoms with E-state index in [0.717, 1.165) is 25.3 Å². The van der Waals surface area contributed by atoms with Gasteiger partial charge in [0.15, 0.2) is 0 Å². The first-order valence-corrected chi connectivity index (χ1v) is 5.24. The summed E-state index contributed by atoms with van der Waals surface area (Å²) in [4.78, 5) is 20.3. The van der Waals surface area contributed by atoms with Crippen LogP contribution in [0, 0.1) is 5.92 Å². The summed E-state index contributed by atoms with van der Waals surface area (Å²) in [5, 5.41) is 8.29. The van der Waals surface area contributed by atoms with Crippen molar-refractivity contribution in [3.63, 3.8) is 0 Å². The summed E-state index contributed by atoms with van der Waals surface area (Å²) >= 11 is 0. The molecule has 1 saturated carbocycles. The molecule has 1 aliphatic rings. The van der Waals surface area contributed by atoms with Crippen LogP contribution in [0.3, 0.4) is 0 Å². The maximum absolute atomic E-state index is 10.2. The van der Waals surface area contributed by atoms with Crippen molar-refractivity contribution in [2.75, 3.05) is 6.61 Å². The van der Waals surface area contributed by atoms with Crippen molar-refractivity contribution in [1.82, 2.24) is 0 Å². The number of aliphatic carboxylic acids is 1. The second-order valence-corrected chi connectivity index (χ2v) is 3.48. The number of hydrogen-bond acceptors (Lipinski definition) is 3. The average molecular weight is 226 g/mol. The third-order valence-corrected chi connectivity index (χ3v) is 1.96. The highest BCUT2D eigenvalue weighted by Crippen LogP contribution is 2.35. The lowest BCUT2D eigenvalue weighted by atomic mass is 10.2. The molecule has 0 heterocycles. The first kappa shape index (κ1) is 14.4. The van der Waals surface area contributed by atoms with Gasteiger partial charge in [-0.3, -0.25) is 0 Å². The first-order valence-electron chi connectivity index (χ1n) is 5.24. The van der Waals surface area contributed by atoms with Gasteiger partial charge in [-0.2, -0.15) is 0 Å². The van der Waals surface area contributed by atoms with E-state index in [2.05, 4.69) is 17.9 Å². The monoisotopic (exact) mass is 226 g/mol. The van der Waals surface area contributed by atoms with Gasteiger partial charge in [0.1, 0.15) is 0 Å². The molecule has 0 spiro atoms. The number of carboxylic acids is 1. The van der Waals surface area contributed by atoms with Crippen LogP contribution in [0.15, 0.2) is 24.8 Å². The molecule has 0 aliphatic heterocycles. The largest absolute Gasteiger partial charge is 0.478 e. The molecule has 0 radical (unpaired) electrons. The molecule has 0 aromatic rings. The number of carboxylic acid groups (broad SMARTS) is 1. The van der Waals surface area contributed by atoms with Gasteiger partial charge in [-0.05, 0) is 25.2 Å². The number of carbonyl (C=O) groups is 2. The van der Waals surface area contributed by atoms with E-state index in [1.54, 1.807) is 0 Å². The van der Waals surface area contributed by atoms with E-state index in [-0.39, 0.29) is 5.97 Å². The van der Waals surface area contributed by atoms with E-state index in [4.69, 9.17) is 5.11 Å². The Morgan fingerprint density at radius 1 is 1.50 bits per heavy atom. The topological polar surface area (TPSA) is 63.6 Å². The fourth-order valence-corrected chi connectivity index (χ4v) is 0.868. The minimum absolute atomic E-state index is 0.299. The van der Waals surface area contributed by atoms with E-state index in [9.17, 15) is 9.59 Å². The lowest BCUT2D eigenvalue weighted by molar-refractivity contribution is -0.137. The molecule has 16 heavy (non-hydrogen) atoms. The maximum atomic E-state index is 10.2. The van der Waals surface area contributed by atoms with Crippen molar-refractivity contribution in [3.05, 3.63) is 24.8 Å². The summed E-state index contributed by atoms with van der Waals surface area (Å²) < 4.78 is 4.58. The van der Waals surface area contributed by atoms with Gasteiger partial charge in [-0.1, -0.05) is 20.1 Å².